The predicted molar refractivity (Wildman–Crippen MR) is 55.0 cm³/mol. The highest BCUT2D eigenvalue weighted by Gasteiger charge is 2.07. The number of rotatable bonds is 3. The molecular formula is C10H14N2O2. The minimum absolute atomic E-state index is 0.120. The van der Waals surface area contributed by atoms with Gasteiger partial charge in [-0.25, -0.2) is 0 Å². The van der Waals surface area contributed by atoms with Gasteiger partial charge < -0.3 is 16.2 Å². The zero-order valence-corrected chi connectivity index (χ0v) is 8.33. The van der Waals surface area contributed by atoms with Crippen molar-refractivity contribution >= 4 is 11.6 Å². The zero-order valence-electron chi connectivity index (χ0n) is 8.33. The van der Waals surface area contributed by atoms with Crippen LogP contribution in [0.15, 0.2) is 12.1 Å². The van der Waals surface area contributed by atoms with Gasteiger partial charge in [-0.2, -0.15) is 0 Å². The Morgan fingerprint density at radius 2 is 2.07 bits per heavy atom. The molecule has 0 radical (unpaired) electrons. The molecule has 76 valence electrons. The van der Waals surface area contributed by atoms with Crippen LogP contribution in [0.4, 0.5) is 5.69 Å². The van der Waals surface area contributed by atoms with Crippen molar-refractivity contribution in [2.75, 3.05) is 12.3 Å². The van der Waals surface area contributed by atoms with Crippen molar-refractivity contribution in [3.05, 3.63) is 23.3 Å². The molecule has 0 bridgehead atoms. The van der Waals surface area contributed by atoms with Crippen LogP contribution < -0.4 is 16.2 Å². The molecule has 0 saturated heterocycles. The van der Waals surface area contributed by atoms with Gasteiger partial charge in [-0.3, -0.25) is 4.79 Å². The third-order valence-electron chi connectivity index (χ3n) is 2.00. The minimum Gasteiger partial charge on any atom is -0.483 e. The number of hydrogen-bond acceptors (Lipinski definition) is 3. The van der Waals surface area contributed by atoms with E-state index >= 15 is 0 Å². The number of nitrogens with two attached hydrogens (primary N) is 2. The van der Waals surface area contributed by atoms with Crippen LogP contribution in [0.1, 0.15) is 11.1 Å². The Morgan fingerprint density at radius 3 is 2.64 bits per heavy atom. The summed E-state index contributed by atoms with van der Waals surface area (Å²) < 4.78 is 5.26. The summed E-state index contributed by atoms with van der Waals surface area (Å²) in [5.41, 5.74) is 13.1. The highest BCUT2D eigenvalue weighted by molar-refractivity contribution is 5.75. The van der Waals surface area contributed by atoms with E-state index in [1.165, 1.54) is 0 Å². The van der Waals surface area contributed by atoms with E-state index < -0.39 is 5.91 Å². The monoisotopic (exact) mass is 194 g/mol. The van der Waals surface area contributed by atoms with Crippen molar-refractivity contribution in [2.24, 2.45) is 5.73 Å². The first kappa shape index (κ1) is 10.4. The molecule has 0 saturated carbocycles. The Balaban J connectivity index is 2.95. The van der Waals surface area contributed by atoms with Crippen LogP contribution in [-0.2, 0) is 4.79 Å². The van der Waals surface area contributed by atoms with E-state index in [9.17, 15) is 4.79 Å². The maximum absolute atomic E-state index is 10.5. The summed E-state index contributed by atoms with van der Waals surface area (Å²) in [7, 11) is 0. The topological polar surface area (TPSA) is 78.3 Å². The number of amides is 1. The predicted octanol–water partition coefficient (Wildman–Crippen LogP) is 0.750. The molecule has 0 aromatic heterocycles. The maximum atomic E-state index is 10.5. The van der Waals surface area contributed by atoms with Crippen molar-refractivity contribution < 1.29 is 9.53 Å². The summed E-state index contributed by atoms with van der Waals surface area (Å²) in [6, 6.07) is 3.65. The van der Waals surface area contributed by atoms with Crippen LogP contribution in [0.3, 0.4) is 0 Å². The van der Waals surface area contributed by atoms with E-state index in [1.807, 2.05) is 26.0 Å². The van der Waals surface area contributed by atoms with Crippen LogP contribution in [-0.4, -0.2) is 12.5 Å². The first-order chi connectivity index (χ1) is 6.52. The molecule has 0 spiro atoms. The van der Waals surface area contributed by atoms with E-state index in [1.54, 1.807) is 0 Å². The lowest BCUT2D eigenvalue weighted by molar-refractivity contribution is -0.119. The second-order valence-electron chi connectivity index (χ2n) is 3.18. The molecule has 1 rings (SSSR count). The van der Waals surface area contributed by atoms with E-state index in [0.29, 0.717) is 11.4 Å². The number of carbonyl (C=O) groups excluding carboxylic acids is 1. The van der Waals surface area contributed by atoms with Crippen molar-refractivity contribution in [3.8, 4) is 5.75 Å². The summed E-state index contributed by atoms with van der Waals surface area (Å²) in [6.45, 7) is 3.62. The van der Waals surface area contributed by atoms with E-state index in [2.05, 4.69) is 0 Å². The first-order valence-corrected chi connectivity index (χ1v) is 4.29. The van der Waals surface area contributed by atoms with Crippen LogP contribution >= 0.6 is 0 Å². The minimum atomic E-state index is -0.494. The first-order valence-electron chi connectivity index (χ1n) is 4.29. The lowest BCUT2D eigenvalue weighted by Crippen LogP contribution is -2.20. The molecule has 4 N–H and O–H groups in total. The Hall–Kier alpha value is -1.71. The average Bonchev–Trinajstić information content (AvgIpc) is 2.11. The van der Waals surface area contributed by atoms with Crippen molar-refractivity contribution in [1.82, 2.24) is 0 Å². The third-order valence-corrected chi connectivity index (χ3v) is 2.00. The molecular weight excluding hydrogens is 180 g/mol. The van der Waals surface area contributed by atoms with Crippen LogP contribution in [0.2, 0.25) is 0 Å². The summed E-state index contributed by atoms with van der Waals surface area (Å²) in [6.07, 6.45) is 0. The Kier molecular flexibility index (Phi) is 2.96. The second kappa shape index (κ2) is 4.00. The number of anilines is 1. The number of nitrogen functional groups attached to an aromatic ring is 1. The molecule has 4 nitrogen and oxygen atoms in total. The zero-order chi connectivity index (χ0) is 10.7. The largest absolute Gasteiger partial charge is 0.483 e. The van der Waals surface area contributed by atoms with Gasteiger partial charge in [-0.15, -0.1) is 0 Å². The van der Waals surface area contributed by atoms with Gasteiger partial charge in [-0.05, 0) is 25.5 Å². The fourth-order valence-electron chi connectivity index (χ4n) is 1.21. The average molecular weight is 194 g/mol. The summed E-state index contributed by atoms with van der Waals surface area (Å²) in [4.78, 5) is 10.5. The van der Waals surface area contributed by atoms with Crippen molar-refractivity contribution in [2.45, 2.75) is 13.8 Å². The van der Waals surface area contributed by atoms with Crippen LogP contribution in [0.25, 0.3) is 0 Å². The fraction of sp³-hybridized carbons (Fsp3) is 0.300. The molecule has 0 aliphatic carbocycles. The highest BCUT2D eigenvalue weighted by Crippen LogP contribution is 2.27. The lowest BCUT2D eigenvalue weighted by atomic mass is 10.1. The normalized spacial score (nSPS) is 9.86. The van der Waals surface area contributed by atoms with E-state index in [0.717, 1.165) is 11.1 Å². The molecule has 1 aromatic rings. The molecule has 0 heterocycles. The Bertz CT molecular complexity index is 361. The SMILES string of the molecule is Cc1ccc(N)c(C)c1OCC(N)=O. The molecule has 0 atom stereocenters. The lowest BCUT2D eigenvalue weighted by Gasteiger charge is -2.12. The smallest absolute Gasteiger partial charge is 0.255 e. The maximum Gasteiger partial charge on any atom is 0.255 e. The van der Waals surface area contributed by atoms with E-state index in [4.69, 9.17) is 16.2 Å². The molecule has 0 aliphatic heterocycles. The standard InChI is InChI=1S/C10H14N2O2/c1-6-3-4-8(11)7(2)10(6)14-5-9(12)13/h3-4H,5,11H2,1-2H3,(H2,12,13). The van der Waals surface area contributed by atoms with Gasteiger partial charge in [0.05, 0.1) is 0 Å². The molecule has 4 heteroatoms. The number of ether oxygens (including phenoxy) is 1. The van der Waals surface area contributed by atoms with Gasteiger partial charge in [0.2, 0.25) is 0 Å². The fourth-order valence-corrected chi connectivity index (χ4v) is 1.21. The molecule has 0 aliphatic rings. The molecule has 14 heavy (non-hydrogen) atoms. The van der Waals surface area contributed by atoms with Gasteiger partial charge in [0.1, 0.15) is 5.75 Å². The summed E-state index contributed by atoms with van der Waals surface area (Å²) in [5.74, 6) is 0.148. The van der Waals surface area contributed by atoms with Crippen molar-refractivity contribution in [1.29, 1.82) is 0 Å². The van der Waals surface area contributed by atoms with Gasteiger partial charge in [-0.1, -0.05) is 6.07 Å². The molecule has 0 fully saturated rings. The molecule has 1 aromatic carbocycles. The summed E-state index contributed by atoms with van der Waals surface area (Å²) in [5, 5.41) is 0. The van der Waals surface area contributed by atoms with Gasteiger partial charge in [0, 0.05) is 11.3 Å². The van der Waals surface area contributed by atoms with Crippen LogP contribution in [0.5, 0.6) is 5.75 Å². The summed E-state index contributed by atoms with van der Waals surface area (Å²) >= 11 is 0. The number of benzene rings is 1. The van der Waals surface area contributed by atoms with Crippen molar-refractivity contribution in [3.63, 3.8) is 0 Å². The number of hydrogen-bond donors (Lipinski definition) is 2. The number of aryl methyl sites for hydroxylation is 1. The Morgan fingerprint density at radius 1 is 1.43 bits per heavy atom. The van der Waals surface area contributed by atoms with Gasteiger partial charge in [0.15, 0.2) is 6.61 Å². The quantitative estimate of drug-likeness (QED) is 0.697. The van der Waals surface area contributed by atoms with Crippen LogP contribution in [0, 0.1) is 13.8 Å². The Labute approximate surface area is 82.8 Å². The molecule has 1 amide bonds. The van der Waals surface area contributed by atoms with Gasteiger partial charge >= 0.3 is 0 Å². The van der Waals surface area contributed by atoms with E-state index in [-0.39, 0.29) is 6.61 Å². The third kappa shape index (κ3) is 2.16. The number of carbonyl (C=O) groups is 1. The molecule has 0 unspecified atom stereocenters. The highest BCUT2D eigenvalue weighted by atomic mass is 16.5. The second-order valence-corrected chi connectivity index (χ2v) is 3.18. The number of primary amides is 1. The van der Waals surface area contributed by atoms with Gasteiger partial charge in [0.25, 0.3) is 5.91 Å².